The third kappa shape index (κ3) is 16.1. The Labute approximate surface area is 610 Å². The van der Waals surface area contributed by atoms with Crippen LogP contribution in [-0.4, -0.2) is 86.3 Å². The van der Waals surface area contributed by atoms with Crippen LogP contribution in [0.3, 0.4) is 0 Å². The Bertz CT molecular complexity index is 4490. The molecule has 532 valence electrons. The molecule has 0 radical (unpaired) electrons. The van der Waals surface area contributed by atoms with Crippen LogP contribution >= 0.6 is 12.4 Å². The van der Waals surface area contributed by atoms with E-state index in [1.165, 1.54) is 0 Å². The fourth-order valence-electron chi connectivity index (χ4n) is 14.0. The van der Waals surface area contributed by atoms with E-state index in [0.29, 0.717) is 75.2 Å². The third-order valence-corrected chi connectivity index (χ3v) is 19.9. The highest BCUT2D eigenvalue weighted by molar-refractivity contribution is 6.19. The lowest BCUT2D eigenvalue weighted by Crippen LogP contribution is -2.58. The van der Waals surface area contributed by atoms with E-state index in [-0.39, 0.29) is 50.9 Å². The molecule has 0 aliphatic rings. The number of ketones is 3. The van der Waals surface area contributed by atoms with Gasteiger partial charge in [-0.3, -0.25) is 28.8 Å². The Morgan fingerprint density at radius 2 is 0.558 bits per heavy atom. The summed E-state index contributed by atoms with van der Waals surface area (Å²) in [5.41, 5.74) is 46.5. The Hall–Kier alpha value is -10.9. The van der Waals surface area contributed by atoms with E-state index >= 15 is 0 Å². The predicted octanol–water partition coefficient (Wildman–Crippen LogP) is 13.5. The number of rotatable bonds is 33. The van der Waals surface area contributed by atoms with Crippen molar-refractivity contribution >= 4 is 97.2 Å². The molecule has 3 heterocycles. The number of halogens is 1. The van der Waals surface area contributed by atoms with Gasteiger partial charge >= 0.3 is 0 Å². The van der Waals surface area contributed by atoms with Crippen molar-refractivity contribution < 1.29 is 28.8 Å². The maximum absolute atomic E-state index is 14.8. The number of Topliss-reactive ketones (excluding diaryl/α,β-unsaturated/α-hetero) is 3. The number of fused-ring (bicyclic) bond motifs is 3. The molecule has 0 spiro atoms. The zero-order valence-corrected chi connectivity index (χ0v) is 58.8. The topological polar surface area (TPSA) is 342 Å². The highest BCUT2D eigenvalue weighted by Gasteiger charge is 2.45. The van der Waals surface area contributed by atoms with Crippen molar-refractivity contribution in [3.05, 3.63) is 270 Å². The van der Waals surface area contributed by atoms with Gasteiger partial charge in [0.1, 0.15) is 0 Å². The number of carbonyl (C=O) groups excluding carboxylic acids is 6. The average Bonchev–Trinajstić information content (AvgIpc) is 1.57. The largest absolute Gasteiger partial charge is 0.354 e. The molecule has 9 aromatic carbocycles. The van der Waals surface area contributed by atoms with E-state index in [1.54, 1.807) is 36.4 Å². The van der Waals surface area contributed by atoms with Gasteiger partial charge in [0.05, 0.1) is 17.1 Å². The Morgan fingerprint density at radius 1 is 0.317 bits per heavy atom. The van der Waals surface area contributed by atoms with Gasteiger partial charge in [-0.25, -0.2) is 0 Å². The number of anilines is 3. The van der Waals surface area contributed by atoms with Gasteiger partial charge in [-0.2, -0.15) is 0 Å². The zero-order chi connectivity index (χ0) is 72.1. The van der Waals surface area contributed by atoms with Crippen molar-refractivity contribution in [3.63, 3.8) is 0 Å². The van der Waals surface area contributed by atoms with Crippen molar-refractivity contribution in [2.45, 2.75) is 99.6 Å². The molecule has 0 fully saturated rings. The smallest absolute Gasteiger partial charge is 0.252 e. The number of hydrogen-bond donors (Lipinski definition) is 12. The van der Waals surface area contributed by atoms with Crippen LogP contribution in [0.5, 0.6) is 0 Å². The molecule has 18 nitrogen and oxygen atoms in total. The fourth-order valence-corrected chi connectivity index (χ4v) is 14.0. The summed E-state index contributed by atoms with van der Waals surface area (Å²) in [6.45, 7) is 1.06. The maximum Gasteiger partial charge on any atom is 0.252 e. The first-order valence-electron chi connectivity index (χ1n) is 35.3. The maximum atomic E-state index is 14.8. The van der Waals surface area contributed by atoms with Crippen molar-refractivity contribution in [3.8, 4) is 33.8 Å². The van der Waals surface area contributed by atoms with Crippen molar-refractivity contribution in [2.24, 2.45) is 34.4 Å². The van der Waals surface area contributed by atoms with E-state index in [4.69, 9.17) is 34.4 Å². The highest BCUT2D eigenvalue weighted by Crippen LogP contribution is 2.39. The van der Waals surface area contributed by atoms with Crippen LogP contribution in [0.4, 0.5) is 17.1 Å². The molecule has 3 atom stereocenters. The summed E-state index contributed by atoms with van der Waals surface area (Å²) in [4.78, 5) is 99.4. The normalized spacial score (nSPS) is 13.2. The predicted molar refractivity (Wildman–Crippen MR) is 420 cm³/mol. The summed E-state index contributed by atoms with van der Waals surface area (Å²) in [7, 11) is 0. The second kappa shape index (κ2) is 33.5. The van der Waals surface area contributed by atoms with Gasteiger partial charge in [-0.15, -0.1) is 12.4 Å². The first kappa shape index (κ1) is 74.3. The molecular weight excluding hydrogens is 1320 g/mol. The van der Waals surface area contributed by atoms with Gasteiger partial charge in [0.2, 0.25) is 0 Å². The number of carbonyl (C=O) groups is 6. The lowest BCUT2D eigenvalue weighted by atomic mass is 9.83. The number of H-pyrrole nitrogens is 3. The molecule has 3 amide bonds. The van der Waals surface area contributed by atoms with Crippen LogP contribution < -0.4 is 50.4 Å². The minimum Gasteiger partial charge on any atom is -0.354 e. The third-order valence-electron chi connectivity index (χ3n) is 19.9. The van der Waals surface area contributed by atoms with Gasteiger partial charge < -0.3 is 65.3 Å². The Kier molecular flexibility index (Phi) is 23.9. The number of benzene rings is 9. The molecule has 0 aliphatic heterocycles. The first-order valence-corrected chi connectivity index (χ1v) is 35.3. The molecule has 18 N–H and O–H groups in total. The first-order chi connectivity index (χ1) is 50.0. The van der Waals surface area contributed by atoms with Crippen LogP contribution in [0.25, 0.3) is 66.5 Å². The number of nitrogens with one attached hydrogen (secondary N) is 6. The number of para-hydroxylation sites is 3. The number of hydrogen-bond acceptors (Lipinski definition) is 12. The molecular formula is C85H89ClN12O6. The molecule has 12 rings (SSSR count). The summed E-state index contributed by atoms with van der Waals surface area (Å²) in [6, 6.07) is 74.2. The molecule has 0 aliphatic carbocycles. The second-order valence-electron chi connectivity index (χ2n) is 26.8. The minimum absolute atomic E-state index is 0. The Balaban J connectivity index is 0.0000108. The van der Waals surface area contributed by atoms with Gasteiger partial charge in [0, 0.05) is 75.0 Å². The standard InChI is InChI=1S/C85H88N12O6.ClH/c86-49-19-16-46-83(89,73(98)52-67-64-28-10-13-31-70(64)95-77(67)58-22-4-1-5-23-58)80(101)92-61-40-34-55(35-41-61)76(56-36-42-62(43-37-56)93-81(102)84(90,47-17-20-50-87)74(99)53-68-65-29-11-14-32-71(65)96-78(68)59-24-6-2-7-25-59)57-38-44-63(45-39-57)94-82(103)85(91,48-18-21-51-88)75(100)54-69-66-30-12-15-33-72(66)97-79(69)60-26-8-3-9-27-60;/h1-15,22-45,76,95-97H,16-21,46-54,86-91H2,(H,92,101)(H,93,102)(H,94,103);1H/t83-,84-,85-;/m1./s1. The number of unbranched alkanes of at least 4 members (excludes halogenated alkanes) is 3. The van der Waals surface area contributed by atoms with Crippen LogP contribution in [0.1, 0.15) is 97.1 Å². The molecule has 0 saturated carbocycles. The monoisotopic (exact) mass is 1410 g/mol. The number of aromatic nitrogens is 3. The van der Waals surface area contributed by atoms with Crippen LogP contribution in [0, 0.1) is 0 Å². The van der Waals surface area contributed by atoms with E-state index < -0.39 is 57.6 Å². The van der Waals surface area contributed by atoms with Gasteiger partial charge in [0.25, 0.3) is 17.7 Å². The number of aromatic amines is 3. The van der Waals surface area contributed by atoms with Gasteiger partial charge in [-0.05, 0) is 182 Å². The van der Waals surface area contributed by atoms with Crippen LogP contribution in [-0.2, 0) is 48.0 Å². The van der Waals surface area contributed by atoms with Crippen molar-refractivity contribution in [1.29, 1.82) is 0 Å². The molecule has 0 bridgehead atoms. The van der Waals surface area contributed by atoms with E-state index in [0.717, 1.165) is 99.9 Å². The lowest BCUT2D eigenvalue weighted by Gasteiger charge is -2.28. The second-order valence-corrected chi connectivity index (χ2v) is 26.8. The van der Waals surface area contributed by atoms with Gasteiger partial charge in [-0.1, -0.05) is 182 Å². The minimum atomic E-state index is -1.94. The fraction of sp³-hybridized carbons (Fsp3) is 0.224. The highest BCUT2D eigenvalue weighted by atomic mass is 35.5. The van der Waals surface area contributed by atoms with Crippen molar-refractivity contribution in [1.82, 2.24) is 15.0 Å². The van der Waals surface area contributed by atoms with Crippen LogP contribution in [0.15, 0.2) is 237 Å². The van der Waals surface area contributed by atoms with Gasteiger partial charge in [0.15, 0.2) is 34.0 Å². The van der Waals surface area contributed by atoms with Crippen LogP contribution in [0.2, 0.25) is 0 Å². The SMILES string of the molecule is Cl.NCCCC[C@@](N)(C(=O)Cc1c(-c2ccccc2)[nH]c2ccccc12)C(=O)Nc1ccc(C(c2ccc(NC(=O)[C@@](N)(CCCCN)C(=O)Cc3c(-c4ccccc4)[nH]c4ccccc34)cc2)c2ccc(NC(=O)[C@@](N)(CCCCN)C(=O)Cc3c(-c4ccccc4)[nH]c4ccccc34)cc2)cc1. The summed E-state index contributed by atoms with van der Waals surface area (Å²) < 4.78 is 0. The molecule has 0 saturated heterocycles. The van der Waals surface area contributed by atoms with E-state index in [9.17, 15) is 28.8 Å². The zero-order valence-electron chi connectivity index (χ0n) is 58.0. The summed E-state index contributed by atoms with van der Waals surface area (Å²) >= 11 is 0. The quantitative estimate of drug-likeness (QED) is 0.0104. The summed E-state index contributed by atoms with van der Waals surface area (Å²) in [5.74, 6) is -3.85. The molecule has 104 heavy (non-hydrogen) atoms. The lowest BCUT2D eigenvalue weighted by molar-refractivity contribution is -0.134. The molecule has 12 aromatic rings. The summed E-state index contributed by atoms with van der Waals surface area (Å²) in [5, 5.41) is 11.5. The number of nitrogens with two attached hydrogens (primary N) is 6. The van der Waals surface area contributed by atoms with E-state index in [1.807, 2.05) is 200 Å². The molecule has 3 aromatic heterocycles. The number of amides is 3. The van der Waals surface area contributed by atoms with E-state index in [2.05, 4.69) is 30.9 Å². The molecule has 0 unspecified atom stereocenters. The molecule has 19 heteroatoms. The Morgan fingerprint density at radius 3 is 0.808 bits per heavy atom. The van der Waals surface area contributed by atoms with Crippen molar-refractivity contribution in [2.75, 3.05) is 35.6 Å². The summed E-state index contributed by atoms with van der Waals surface area (Å²) in [6.07, 6.45) is 2.77. The average molecular weight is 1410 g/mol.